The molecule has 0 bridgehead atoms. The van der Waals surface area contributed by atoms with Crippen LogP contribution in [0.1, 0.15) is 88.8 Å². The smallest absolute Gasteiger partial charge is 0.305 e. The van der Waals surface area contributed by atoms with Gasteiger partial charge in [-0.15, -0.1) is 12.3 Å². The molecule has 1 aliphatic heterocycles. The summed E-state index contributed by atoms with van der Waals surface area (Å²) in [5.41, 5.74) is 15.2. The summed E-state index contributed by atoms with van der Waals surface area (Å²) in [7, 11) is 0. The molecule has 0 unspecified atom stereocenters. The van der Waals surface area contributed by atoms with Crippen molar-refractivity contribution < 1.29 is 73.2 Å². The molecule has 2 aromatic carbocycles. The van der Waals surface area contributed by atoms with Crippen LogP contribution in [0.3, 0.4) is 0 Å². The van der Waals surface area contributed by atoms with E-state index in [4.69, 9.17) is 12.2 Å². The van der Waals surface area contributed by atoms with E-state index in [1.54, 1.807) is 32.0 Å². The van der Waals surface area contributed by atoms with Crippen LogP contribution in [0, 0.1) is 18.3 Å². The first-order valence-corrected chi connectivity index (χ1v) is 22.9. The van der Waals surface area contributed by atoms with Crippen molar-refractivity contribution in [3.63, 3.8) is 0 Å². The predicted molar refractivity (Wildman–Crippen MR) is 255 cm³/mol. The van der Waals surface area contributed by atoms with Gasteiger partial charge in [-0.2, -0.15) is 0 Å². The quantitative estimate of drug-likeness (QED) is 0.0215. The minimum Gasteiger partial charge on any atom is -0.508 e. The van der Waals surface area contributed by atoms with Gasteiger partial charge in [0.2, 0.25) is 47.3 Å². The molecule has 0 spiro atoms. The lowest BCUT2D eigenvalue weighted by Gasteiger charge is -2.31. The van der Waals surface area contributed by atoms with Gasteiger partial charge >= 0.3 is 17.9 Å². The number of carbonyl (C=O) groups is 11. The fraction of sp³-hybridized carbons (Fsp3) is 0.468. The number of azide groups is 1. The van der Waals surface area contributed by atoms with Crippen LogP contribution in [0.4, 0.5) is 0 Å². The Kier molecular flexibility index (Phi) is 23.1. The normalized spacial score (nSPS) is 15.7. The lowest BCUT2D eigenvalue weighted by atomic mass is 10.0. The summed E-state index contributed by atoms with van der Waals surface area (Å²) in [5.74, 6) is -10.7. The third-order valence-corrected chi connectivity index (χ3v) is 11.3. The van der Waals surface area contributed by atoms with Crippen LogP contribution >= 0.6 is 0 Å². The van der Waals surface area contributed by atoms with Crippen LogP contribution in [0.15, 0.2) is 59.7 Å². The van der Waals surface area contributed by atoms with Gasteiger partial charge in [-0.05, 0) is 66.8 Å². The number of carboxylic acid groups (broad SMARTS) is 3. The molecule has 26 nitrogen and oxygen atoms in total. The van der Waals surface area contributed by atoms with Gasteiger partial charge in [-0.25, -0.2) is 0 Å². The zero-order valence-corrected chi connectivity index (χ0v) is 39.9. The molecule has 0 saturated carbocycles. The van der Waals surface area contributed by atoms with Crippen molar-refractivity contribution in [2.24, 2.45) is 16.8 Å². The number of phenols is 1. The average Bonchev–Trinajstić information content (AvgIpc) is 3.83. The number of phenolic OH excluding ortho intramolecular Hbond substituents is 1. The highest BCUT2D eigenvalue weighted by atomic mass is 16.4. The lowest BCUT2D eigenvalue weighted by Crippen LogP contribution is -2.60. The zero-order valence-electron chi connectivity index (χ0n) is 39.9. The summed E-state index contributed by atoms with van der Waals surface area (Å²) in [4.78, 5) is 148. The highest BCUT2D eigenvalue weighted by Crippen LogP contribution is 2.22. The summed E-state index contributed by atoms with van der Waals surface area (Å²) in [5, 5.41) is 56.4. The van der Waals surface area contributed by atoms with Gasteiger partial charge in [0.1, 0.15) is 54.1 Å². The van der Waals surface area contributed by atoms with E-state index in [0.29, 0.717) is 5.56 Å². The van der Waals surface area contributed by atoms with Gasteiger partial charge in [0, 0.05) is 37.1 Å². The Labute approximate surface area is 418 Å². The second-order valence-corrected chi connectivity index (χ2v) is 17.3. The molecule has 1 saturated heterocycles. The Hall–Kier alpha value is -8.72. The number of hydrogen-bond acceptors (Lipinski definition) is 13. The number of nitrogens with zero attached hydrogens (tertiary/aromatic N) is 4. The Bertz CT molecular complexity index is 2440. The van der Waals surface area contributed by atoms with E-state index in [0.717, 1.165) is 4.90 Å². The van der Waals surface area contributed by atoms with Crippen LogP contribution in [0.2, 0.25) is 0 Å². The minimum absolute atomic E-state index is 0.0111. The molecule has 1 aliphatic rings. The van der Waals surface area contributed by atoms with Crippen LogP contribution in [-0.4, -0.2) is 139 Å². The molecule has 8 amide bonds. The zero-order chi connectivity index (χ0) is 54.4. The number of primary amides is 1. The molecule has 3 rings (SSSR count). The van der Waals surface area contributed by atoms with Crippen LogP contribution < -0.4 is 37.6 Å². The third kappa shape index (κ3) is 19.2. The number of aromatic hydroxyl groups is 1. The highest BCUT2D eigenvalue weighted by Gasteiger charge is 2.41. The van der Waals surface area contributed by atoms with Crippen molar-refractivity contribution >= 4 is 65.2 Å². The number of nitrogens with one attached hydrogen (secondary N) is 6. The van der Waals surface area contributed by atoms with E-state index in [2.05, 4.69) is 47.8 Å². The highest BCUT2D eigenvalue weighted by molar-refractivity contribution is 5.99. The van der Waals surface area contributed by atoms with Crippen molar-refractivity contribution in [3.05, 3.63) is 76.2 Å². The molecule has 1 fully saturated rings. The molecule has 1 heterocycles. The summed E-state index contributed by atoms with van der Waals surface area (Å²) in [6.45, 7) is 3.30. The number of nitrogens with two attached hydrogens (primary N) is 1. The van der Waals surface area contributed by atoms with Gasteiger partial charge < -0.3 is 63.0 Å². The van der Waals surface area contributed by atoms with E-state index in [1.165, 1.54) is 36.4 Å². The van der Waals surface area contributed by atoms with Gasteiger partial charge in [-0.1, -0.05) is 61.4 Å². The number of amides is 8. The molecule has 392 valence electrons. The van der Waals surface area contributed by atoms with Crippen molar-refractivity contribution in [1.29, 1.82) is 0 Å². The van der Waals surface area contributed by atoms with E-state index in [-0.39, 0.29) is 55.9 Å². The molecule has 12 N–H and O–H groups in total. The van der Waals surface area contributed by atoms with Crippen molar-refractivity contribution in [3.8, 4) is 18.1 Å². The molecule has 26 heteroatoms. The summed E-state index contributed by atoms with van der Waals surface area (Å²) in [6, 6.07) is 0.785. The van der Waals surface area contributed by atoms with E-state index in [9.17, 15) is 78.7 Å². The molecule has 0 aliphatic carbocycles. The van der Waals surface area contributed by atoms with Gasteiger partial charge in [0.15, 0.2) is 0 Å². The Morgan fingerprint density at radius 2 is 1.26 bits per heavy atom. The summed E-state index contributed by atoms with van der Waals surface area (Å²) >= 11 is 0. The maximum absolute atomic E-state index is 14.3. The van der Waals surface area contributed by atoms with Crippen LogP contribution in [0.25, 0.3) is 10.4 Å². The summed E-state index contributed by atoms with van der Waals surface area (Å²) in [6.07, 6.45) is 1.37. The first-order chi connectivity index (χ1) is 34.5. The third-order valence-electron chi connectivity index (χ3n) is 11.3. The van der Waals surface area contributed by atoms with Crippen molar-refractivity contribution in [1.82, 2.24) is 36.8 Å². The predicted octanol–water partition coefficient (Wildman–Crippen LogP) is -0.355. The fourth-order valence-corrected chi connectivity index (χ4v) is 7.63. The average molecular weight is 1020 g/mol. The first-order valence-electron chi connectivity index (χ1n) is 22.9. The number of carbonyl (C=O) groups excluding carboxylic acids is 8. The first kappa shape index (κ1) is 58.6. The summed E-state index contributed by atoms with van der Waals surface area (Å²) < 4.78 is 0. The second kappa shape index (κ2) is 28.8. The van der Waals surface area contributed by atoms with Crippen LogP contribution in [0.5, 0.6) is 5.75 Å². The van der Waals surface area contributed by atoms with Gasteiger partial charge in [0.05, 0.1) is 6.42 Å². The largest absolute Gasteiger partial charge is 0.508 e. The topological polar surface area (TPSA) is 419 Å². The standard InChI is InChI=1S/C47H59N11O15/c1-4-9-29(40(48)66)50-41(67)30(17-19-36(60)61)51-42(68)32(22-25(2)3)54-45(71)35-12-8-21-58(35)47(73)31(18-20-37(62)63)52-44(70)34(24-38(64)65)53-43(69)33(23-26-13-15-28(59)16-14-26)55-46(72)39(56-57-49)27-10-6-5-7-11-27/h1,5-7,10-11,13-16,25,29-35,39,59H,8-9,12,17-24H2,2-3H3,(H2,48,66)(H,50,67)(H,51,68)(H,52,70)(H,53,69)(H,54,71)(H,55,72)(H,60,61)(H,62,63)(H,64,65)/t29-,30-,31-,32-,33-,34-,35-,39-/m0/s1. The van der Waals surface area contributed by atoms with Gasteiger partial charge in [0.25, 0.3) is 0 Å². The minimum atomic E-state index is -1.97. The second-order valence-electron chi connectivity index (χ2n) is 17.3. The fourth-order valence-electron chi connectivity index (χ4n) is 7.63. The van der Waals surface area contributed by atoms with Crippen molar-refractivity contribution in [2.75, 3.05) is 6.54 Å². The molecule has 2 aromatic rings. The van der Waals surface area contributed by atoms with E-state index >= 15 is 0 Å². The SMILES string of the molecule is C#CC[C@H](NC(=O)[C@H](CCC(=O)O)NC(=O)[C@H](CC(C)C)NC(=O)[C@@H]1CCCN1C(=O)[C@H](CCC(=O)O)NC(=O)[C@H](CC(=O)O)NC(=O)[C@H](Cc1ccc(O)cc1)NC(=O)[C@@H](N=[N+]=[N-])c1ccccc1)C(N)=O. The number of terminal acetylenes is 1. The molecular formula is C47H59N11O15. The molecule has 0 aromatic heterocycles. The number of benzene rings is 2. The van der Waals surface area contributed by atoms with Crippen molar-refractivity contribution in [2.45, 2.75) is 126 Å². The monoisotopic (exact) mass is 1020 g/mol. The van der Waals surface area contributed by atoms with E-state index in [1.807, 2.05) is 0 Å². The maximum Gasteiger partial charge on any atom is 0.305 e. The van der Waals surface area contributed by atoms with Gasteiger partial charge in [-0.3, -0.25) is 52.7 Å². The number of aliphatic carboxylic acids is 3. The number of rotatable bonds is 29. The Balaban J connectivity index is 1.90. The molecule has 73 heavy (non-hydrogen) atoms. The number of hydrogen-bond donors (Lipinski definition) is 11. The number of carboxylic acids is 3. The van der Waals surface area contributed by atoms with E-state index < -0.39 is 146 Å². The molecular weight excluding hydrogens is 959 g/mol. The Morgan fingerprint density at radius 3 is 1.82 bits per heavy atom. The molecule has 8 atom stereocenters. The van der Waals surface area contributed by atoms with Crippen LogP contribution in [-0.2, 0) is 59.2 Å². The lowest BCUT2D eigenvalue weighted by molar-refractivity contribution is -0.144. The molecule has 0 radical (unpaired) electrons. The Morgan fingerprint density at radius 1 is 0.726 bits per heavy atom. The number of likely N-dealkylation sites (tertiary alicyclic amines) is 1. The maximum atomic E-state index is 14.3.